The van der Waals surface area contributed by atoms with Crippen LogP contribution in [0.15, 0.2) is 24.3 Å². The SMILES string of the molecule is CC(=O)C(C)C(=O)Nc1ccc(C)cc1. The third-order valence-electron chi connectivity index (χ3n) is 2.32. The first kappa shape index (κ1) is 11.4. The predicted molar refractivity (Wildman–Crippen MR) is 59.7 cm³/mol. The number of anilines is 1. The lowest BCUT2D eigenvalue weighted by Gasteiger charge is -2.09. The summed E-state index contributed by atoms with van der Waals surface area (Å²) in [6, 6.07) is 7.46. The Bertz CT molecular complexity index is 368. The summed E-state index contributed by atoms with van der Waals surface area (Å²) in [4.78, 5) is 22.5. The second-order valence-corrected chi connectivity index (χ2v) is 3.69. The number of aryl methyl sites for hydroxylation is 1. The van der Waals surface area contributed by atoms with Crippen LogP contribution in [0, 0.1) is 12.8 Å². The van der Waals surface area contributed by atoms with Crippen molar-refractivity contribution in [2.75, 3.05) is 5.32 Å². The highest BCUT2D eigenvalue weighted by Crippen LogP contribution is 2.10. The summed E-state index contributed by atoms with van der Waals surface area (Å²) in [6.45, 7) is 5.00. The van der Waals surface area contributed by atoms with Crippen LogP contribution in [-0.2, 0) is 9.59 Å². The molecule has 3 heteroatoms. The first-order valence-electron chi connectivity index (χ1n) is 4.88. The second kappa shape index (κ2) is 4.73. The van der Waals surface area contributed by atoms with Crippen molar-refractivity contribution in [2.45, 2.75) is 20.8 Å². The number of rotatable bonds is 3. The molecule has 1 unspecified atom stereocenters. The smallest absolute Gasteiger partial charge is 0.234 e. The molecule has 1 amide bonds. The first-order chi connectivity index (χ1) is 7.00. The van der Waals surface area contributed by atoms with E-state index < -0.39 is 5.92 Å². The van der Waals surface area contributed by atoms with Gasteiger partial charge in [0.25, 0.3) is 0 Å². The van der Waals surface area contributed by atoms with Gasteiger partial charge in [0.2, 0.25) is 5.91 Å². The first-order valence-corrected chi connectivity index (χ1v) is 4.88. The zero-order chi connectivity index (χ0) is 11.4. The Morgan fingerprint density at radius 3 is 2.20 bits per heavy atom. The topological polar surface area (TPSA) is 46.2 Å². The zero-order valence-corrected chi connectivity index (χ0v) is 9.20. The number of hydrogen-bond acceptors (Lipinski definition) is 2. The van der Waals surface area contributed by atoms with Crippen molar-refractivity contribution in [3.8, 4) is 0 Å². The van der Waals surface area contributed by atoms with Crippen molar-refractivity contribution in [1.29, 1.82) is 0 Å². The zero-order valence-electron chi connectivity index (χ0n) is 9.20. The molecule has 0 bridgehead atoms. The average molecular weight is 205 g/mol. The van der Waals surface area contributed by atoms with E-state index in [9.17, 15) is 9.59 Å². The van der Waals surface area contributed by atoms with Crippen LogP contribution in [0.2, 0.25) is 0 Å². The Kier molecular flexibility index (Phi) is 3.61. The fourth-order valence-electron chi connectivity index (χ4n) is 1.07. The molecule has 0 aliphatic carbocycles. The predicted octanol–water partition coefficient (Wildman–Crippen LogP) is 2.16. The molecule has 3 nitrogen and oxygen atoms in total. The number of hydrogen-bond donors (Lipinski definition) is 1. The van der Waals surface area contributed by atoms with Crippen LogP contribution in [0.4, 0.5) is 5.69 Å². The number of ketones is 1. The number of Topliss-reactive ketones (excluding diaryl/α,β-unsaturated/α-hetero) is 1. The molecule has 0 saturated heterocycles. The van der Waals surface area contributed by atoms with E-state index in [1.165, 1.54) is 6.92 Å². The van der Waals surface area contributed by atoms with Gasteiger partial charge < -0.3 is 5.32 Å². The molecule has 1 N–H and O–H groups in total. The molecule has 0 saturated carbocycles. The van der Waals surface area contributed by atoms with Gasteiger partial charge in [-0.05, 0) is 32.9 Å². The summed E-state index contributed by atoms with van der Waals surface area (Å²) in [6.07, 6.45) is 0. The highest BCUT2D eigenvalue weighted by molar-refractivity contribution is 6.06. The second-order valence-electron chi connectivity index (χ2n) is 3.69. The lowest BCUT2D eigenvalue weighted by Crippen LogP contribution is -2.25. The van der Waals surface area contributed by atoms with Gasteiger partial charge in [-0.15, -0.1) is 0 Å². The minimum absolute atomic E-state index is 0.125. The molecule has 0 radical (unpaired) electrons. The van der Waals surface area contributed by atoms with Crippen molar-refractivity contribution in [2.24, 2.45) is 5.92 Å². The van der Waals surface area contributed by atoms with Gasteiger partial charge in [0.05, 0.1) is 5.92 Å². The summed E-state index contributed by atoms with van der Waals surface area (Å²) in [5.74, 6) is -0.975. The summed E-state index contributed by atoms with van der Waals surface area (Å²) in [7, 11) is 0. The van der Waals surface area contributed by atoms with Crippen molar-refractivity contribution >= 4 is 17.4 Å². The molecule has 0 aliphatic heterocycles. The monoisotopic (exact) mass is 205 g/mol. The number of carbonyl (C=O) groups is 2. The van der Waals surface area contributed by atoms with Gasteiger partial charge in [-0.1, -0.05) is 17.7 Å². The maximum absolute atomic E-state index is 11.5. The van der Waals surface area contributed by atoms with Crippen molar-refractivity contribution in [3.63, 3.8) is 0 Å². The molecular weight excluding hydrogens is 190 g/mol. The molecule has 0 spiro atoms. The van der Waals surface area contributed by atoms with Crippen molar-refractivity contribution in [1.82, 2.24) is 0 Å². The standard InChI is InChI=1S/C12H15NO2/c1-8-4-6-11(7-5-8)13-12(15)9(2)10(3)14/h4-7,9H,1-3H3,(H,13,15). The Morgan fingerprint density at radius 2 is 1.73 bits per heavy atom. The molecule has 0 aromatic heterocycles. The van der Waals surface area contributed by atoms with E-state index in [1.807, 2.05) is 31.2 Å². The quantitative estimate of drug-likeness (QED) is 0.768. The van der Waals surface area contributed by atoms with E-state index in [4.69, 9.17) is 0 Å². The Morgan fingerprint density at radius 1 is 1.20 bits per heavy atom. The van der Waals surface area contributed by atoms with Gasteiger partial charge in [0.1, 0.15) is 5.78 Å². The lowest BCUT2D eigenvalue weighted by atomic mass is 10.1. The molecule has 1 atom stereocenters. The van der Waals surface area contributed by atoms with Crippen molar-refractivity contribution < 1.29 is 9.59 Å². The number of benzene rings is 1. The highest BCUT2D eigenvalue weighted by atomic mass is 16.2. The minimum atomic E-state index is -0.591. The summed E-state index contributed by atoms with van der Waals surface area (Å²) in [5.41, 5.74) is 1.85. The number of carbonyl (C=O) groups excluding carboxylic acids is 2. The molecule has 0 fully saturated rings. The summed E-state index contributed by atoms with van der Waals surface area (Å²) in [5, 5.41) is 2.69. The Labute approximate surface area is 89.5 Å². The van der Waals surface area contributed by atoms with Gasteiger partial charge in [0, 0.05) is 5.69 Å². The highest BCUT2D eigenvalue weighted by Gasteiger charge is 2.17. The van der Waals surface area contributed by atoms with Gasteiger partial charge in [0.15, 0.2) is 0 Å². The van der Waals surface area contributed by atoms with Crippen LogP contribution in [-0.4, -0.2) is 11.7 Å². The van der Waals surface area contributed by atoms with E-state index >= 15 is 0 Å². The van der Waals surface area contributed by atoms with Gasteiger partial charge >= 0.3 is 0 Å². The van der Waals surface area contributed by atoms with E-state index in [1.54, 1.807) is 6.92 Å². The van der Waals surface area contributed by atoms with Crippen molar-refractivity contribution in [3.05, 3.63) is 29.8 Å². The molecule has 0 heterocycles. The van der Waals surface area contributed by atoms with Gasteiger partial charge in [-0.25, -0.2) is 0 Å². The Balaban J connectivity index is 2.66. The van der Waals surface area contributed by atoms with E-state index in [-0.39, 0.29) is 11.7 Å². The number of nitrogens with one attached hydrogen (secondary N) is 1. The van der Waals surface area contributed by atoms with E-state index in [2.05, 4.69) is 5.32 Å². The molecule has 15 heavy (non-hydrogen) atoms. The van der Waals surface area contributed by atoms with Crippen LogP contribution in [0.3, 0.4) is 0 Å². The maximum Gasteiger partial charge on any atom is 0.234 e. The Hall–Kier alpha value is -1.64. The van der Waals surface area contributed by atoms with Crippen LogP contribution in [0.25, 0.3) is 0 Å². The molecule has 1 aromatic carbocycles. The molecule has 1 rings (SSSR count). The van der Waals surface area contributed by atoms with Crippen LogP contribution in [0.5, 0.6) is 0 Å². The van der Waals surface area contributed by atoms with Gasteiger partial charge in [-0.2, -0.15) is 0 Å². The molecular formula is C12H15NO2. The maximum atomic E-state index is 11.5. The summed E-state index contributed by atoms with van der Waals surface area (Å²) >= 11 is 0. The number of amides is 1. The van der Waals surface area contributed by atoms with Gasteiger partial charge in [-0.3, -0.25) is 9.59 Å². The summed E-state index contributed by atoms with van der Waals surface area (Å²) < 4.78 is 0. The third kappa shape index (κ3) is 3.20. The normalized spacial score (nSPS) is 11.9. The fourth-order valence-corrected chi connectivity index (χ4v) is 1.07. The van der Waals surface area contributed by atoms with E-state index in [0.29, 0.717) is 0 Å². The molecule has 0 aliphatic rings. The van der Waals surface area contributed by atoms with Crippen LogP contribution in [0.1, 0.15) is 19.4 Å². The largest absolute Gasteiger partial charge is 0.325 e. The van der Waals surface area contributed by atoms with Crippen LogP contribution >= 0.6 is 0 Å². The lowest BCUT2D eigenvalue weighted by molar-refractivity contribution is -0.129. The minimum Gasteiger partial charge on any atom is -0.325 e. The molecule has 1 aromatic rings. The third-order valence-corrected chi connectivity index (χ3v) is 2.32. The van der Waals surface area contributed by atoms with Crippen LogP contribution < -0.4 is 5.32 Å². The van der Waals surface area contributed by atoms with E-state index in [0.717, 1.165) is 11.3 Å². The fraction of sp³-hybridized carbons (Fsp3) is 0.333. The molecule has 80 valence electrons. The average Bonchev–Trinajstić information content (AvgIpc) is 2.20.